The van der Waals surface area contributed by atoms with Crippen LogP contribution in [-0.2, 0) is 6.54 Å². The molecule has 68 valence electrons. The quantitative estimate of drug-likeness (QED) is 0.669. The highest BCUT2D eigenvalue weighted by molar-refractivity contribution is 4.73. The summed E-state index contributed by atoms with van der Waals surface area (Å²) in [4.78, 5) is 3.98. The van der Waals surface area contributed by atoms with Crippen molar-refractivity contribution in [2.75, 3.05) is 6.54 Å². The molecule has 0 unspecified atom stereocenters. The average molecular weight is 167 g/mol. The number of imidazole rings is 1. The Morgan fingerprint density at radius 3 is 2.92 bits per heavy atom. The predicted octanol–water partition coefficient (Wildman–Crippen LogP) is 1.27. The second-order valence-corrected chi connectivity index (χ2v) is 3.26. The van der Waals surface area contributed by atoms with E-state index in [0.29, 0.717) is 6.04 Å². The molecular formula is C9H17N3. The number of aromatic nitrogens is 2. The number of nitrogens with zero attached hydrogens (tertiary/aromatic N) is 2. The molecule has 0 saturated heterocycles. The first kappa shape index (κ1) is 9.26. The van der Waals surface area contributed by atoms with Crippen LogP contribution < -0.4 is 5.32 Å². The zero-order chi connectivity index (χ0) is 8.81. The van der Waals surface area contributed by atoms with Crippen molar-refractivity contribution in [3.8, 4) is 0 Å². The number of aryl methyl sites for hydroxylation is 1. The highest BCUT2D eigenvalue weighted by Gasteiger charge is 1.92. The van der Waals surface area contributed by atoms with Crippen LogP contribution in [-0.4, -0.2) is 22.1 Å². The molecule has 3 heteroatoms. The fourth-order valence-corrected chi connectivity index (χ4v) is 1.07. The van der Waals surface area contributed by atoms with Gasteiger partial charge in [-0.3, -0.25) is 0 Å². The Labute approximate surface area is 73.8 Å². The lowest BCUT2D eigenvalue weighted by molar-refractivity contribution is 0.535. The average Bonchev–Trinajstić information content (AvgIpc) is 2.49. The van der Waals surface area contributed by atoms with Gasteiger partial charge < -0.3 is 9.88 Å². The Morgan fingerprint density at radius 2 is 2.33 bits per heavy atom. The van der Waals surface area contributed by atoms with Gasteiger partial charge in [0.15, 0.2) is 0 Å². The van der Waals surface area contributed by atoms with Crippen LogP contribution in [0.5, 0.6) is 0 Å². The van der Waals surface area contributed by atoms with E-state index in [4.69, 9.17) is 0 Å². The molecule has 12 heavy (non-hydrogen) atoms. The van der Waals surface area contributed by atoms with Crippen LogP contribution in [0.3, 0.4) is 0 Å². The number of hydrogen-bond donors (Lipinski definition) is 1. The summed E-state index contributed by atoms with van der Waals surface area (Å²) in [6, 6.07) is 0.591. The van der Waals surface area contributed by atoms with E-state index in [0.717, 1.165) is 19.5 Å². The van der Waals surface area contributed by atoms with E-state index >= 15 is 0 Å². The van der Waals surface area contributed by atoms with Crippen LogP contribution in [0.15, 0.2) is 18.7 Å². The fourth-order valence-electron chi connectivity index (χ4n) is 1.07. The third kappa shape index (κ3) is 3.53. The largest absolute Gasteiger partial charge is 0.337 e. The molecule has 0 radical (unpaired) electrons. The van der Waals surface area contributed by atoms with Crippen molar-refractivity contribution >= 4 is 0 Å². The molecule has 0 atom stereocenters. The molecule has 0 bridgehead atoms. The normalized spacial score (nSPS) is 10.9. The summed E-state index contributed by atoms with van der Waals surface area (Å²) in [7, 11) is 0. The molecule has 1 aromatic rings. The van der Waals surface area contributed by atoms with Gasteiger partial charge in [0.25, 0.3) is 0 Å². The van der Waals surface area contributed by atoms with Crippen LogP contribution in [0.2, 0.25) is 0 Å². The first-order chi connectivity index (χ1) is 5.79. The van der Waals surface area contributed by atoms with E-state index in [-0.39, 0.29) is 0 Å². The van der Waals surface area contributed by atoms with E-state index in [2.05, 4.69) is 28.7 Å². The highest BCUT2D eigenvalue weighted by Crippen LogP contribution is 1.89. The molecule has 0 fully saturated rings. The van der Waals surface area contributed by atoms with Crippen molar-refractivity contribution in [2.24, 2.45) is 0 Å². The zero-order valence-corrected chi connectivity index (χ0v) is 7.83. The van der Waals surface area contributed by atoms with Crippen molar-refractivity contribution in [3.05, 3.63) is 18.7 Å². The van der Waals surface area contributed by atoms with E-state index in [1.54, 1.807) is 0 Å². The van der Waals surface area contributed by atoms with Crippen molar-refractivity contribution in [1.82, 2.24) is 14.9 Å². The van der Waals surface area contributed by atoms with E-state index in [9.17, 15) is 0 Å². The summed E-state index contributed by atoms with van der Waals surface area (Å²) in [6.07, 6.45) is 6.83. The molecule has 0 aliphatic heterocycles. The molecule has 0 aliphatic carbocycles. The second kappa shape index (κ2) is 4.93. The van der Waals surface area contributed by atoms with Crippen molar-refractivity contribution in [2.45, 2.75) is 32.9 Å². The summed E-state index contributed by atoms with van der Waals surface area (Å²) >= 11 is 0. The molecule has 0 amide bonds. The second-order valence-electron chi connectivity index (χ2n) is 3.26. The molecular weight excluding hydrogens is 150 g/mol. The molecule has 0 aromatic carbocycles. The molecule has 1 aromatic heterocycles. The fraction of sp³-hybridized carbons (Fsp3) is 0.667. The van der Waals surface area contributed by atoms with E-state index in [1.807, 2.05) is 18.7 Å². The maximum absolute atomic E-state index is 3.98. The van der Waals surface area contributed by atoms with Crippen LogP contribution in [0.4, 0.5) is 0 Å². The van der Waals surface area contributed by atoms with Gasteiger partial charge in [0.05, 0.1) is 6.33 Å². The van der Waals surface area contributed by atoms with Crippen molar-refractivity contribution in [1.29, 1.82) is 0 Å². The first-order valence-corrected chi connectivity index (χ1v) is 4.48. The first-order valence-electron chi connectivity index (χ1n) is 4.48. The number of hydrogen-bond acceptors (Lipinski definition) is 2. The number of rotatable bonds is 5. The Kier molecular flexibility index (Phi) is 3.80. The predicted molar refractivity (Wildman–Crippen MR) is 50.0 cm³/mol. The van der Waals surface area contributed by atoms with E-state index < -0.39 is 0 Å². The molecule has 3 nitrogen and oxygen atoms in total. The minimum atomic E-state index is 0.591. The van der Waals surface area contributed by atoms with Crippen LogP contribution in [0.25, 0.3) is 0 Å². The minimum absolute atomic E-state index is 0.591. The van der Waals surface area contributed by atoms with Crippen LogP contribution in [0.1, 0.15) is 20.3 Å². The Balaban J connectivity index is 2.04. The van der Waals surface area contributed by atoms with Crippen LogP contribution >= 0.6 is 0 Å². The lowest BCUT2D eigenvalue weighted by Gasteiger charge is -2.07. The SMILES string of the molecule is CC(C)NCCCn1ccnc1. The third-order valence-corrected chi connectivity index (χ3v) is 1.70. The maximum atomic E-state index is 3.98. The van der Waals surface area contributed by atoms with Gasteiger partial charge in [-0.05, 0) is 13.0 Å². The van der Waals surface area contributed by atoms with Gasteiger partial charge in [0.2, 0.25) is 0 Å². The number of nitrogens with one attached hydrogen (secondary N) is 1. The summed E-state index contributed by atoms with van der Waals surface area (Å²) in [5, 5.41) is 3.37. The van der Waals surface area contributed by atoms with Gasteiger partial charge in [-0.1, -0.05) is 13.8 Å². The lowest BCUT2D eigenvalue weighted by atomic mass is 10.3. The standard InChI is InChI=1S/C9H17N3/c1-9(2)11-4-3-6-12-7-5-10-8-12/h5,7-9,11H,3-4,6H2,1-2H3. The Hall–Kier alpha value is -0.830. The van der Waals surface area contributed by atoms with Gasteiger partial charge >= 0.3 is 0 Å². The van der Waals surface area contributed by atoms with Gasteiger partial charge in [0, 0.05) is 25.0 Å². The molecule has 1 heterocycles. The lowest BCUT2D eigenvalue weighted by Crippen LogP contribution is -2.24. The third-order valence-electron chi connectivity index (χ3n) is 1.70. The van der Waals surface area contributed by atoms with Crippen molar-refractivity contribution < 1.29 is 0 Å². The summed E-state index contributed by atoms with van der Waals surface area (Å²) < 4.78 is 2.10. The molecule has 1 N–H and O–H groups in total. The summed E-state index contributed by atoms with van der Waals surface area (Å²) in [5.41, 5.74) is 0. The Bertz CT molecular complexity index is 192. The minimum Gasteiger partial charge on any atom is -0.337 e. The van der Waals surface area contributed by atoms with Crippen LogP contribution in [0, 0.1) is 0 Å². The van der Waals surface area contributed by atoms with Gasteiger partial charge in [-0.25, -0.2) is 4.98 Å². The summed E-state index contributed by atoms with van der Waals surface area (Å²) in [6.45, 7) is 6.46. The van der Waals surface area contributed by atoms with E-state index in [1.165, 1.54) is 0 Å². The van der Waals surface area contributed by atoms with Gasteiger partial charge in [-0.15, -0.1) is 0 Å². The Morgan fingerprint density at radius 1 is 1.50 bits per heavy atom. The van der Waals surface area contributed by atoms with Gasteiger partial charge in [-0.2, -0.15) is 0 Å². The summed E-state index contributed by atoms with van der Waals surface area (Å²) in [5.74, 6) is 0. The molecule has 0 aliphatic rings. The smallest absolute Gasteiger partial charge is 0.0945 e. The zero-order valence-electron chi connectivity index (χ0n) is 7.83. The monoisotopic (exact) mass is 167 g/mol. The molecule has 0 spiro atoms. The highest BCUT2D eigenvalue weighted by atomic mass is 15.0. The molecule has 1 rings (SSSR count). The van der Waals surface area contributed by atoms with Gasteiger partial charge in [0.1, 0.15) is 0 Å². The topological polar surface area (TPSA) is 29.9 Å². The molecule has 0 saturated carbocycles. The van der Waals surface area contributed by atoms with Crippen molar-refractivity contribution in [3.63, 3.8) is 0 Å². The maximum Gasteiger partial charge on any atom is 0.0945 e.